The fraction of sp³-hybridized carbons (Fsp3) is 1.00. The number of nitrogens with one attached hydrogen (secondary N) is 2. The topological polar surface area (TPSA) is 209 Å². The molecule has 24 atom stereocenters. The Labute approximate surface area is 477 Å². The van der Waals surface area contributed by atoms with Gasteiger partial charge in [-0.3, -0.25) is 0 Å². The first-order valence-electron chi connectivity index (χ1n) is 26.0. The molecule has 12 aliphatic rings. The van der Waals surface area contributed by atoms with Crippen LogP contribution in [-0.4, -0.2) is 351 Å². The van der Waals surface area contributed by atoms with Crippen LogP contribution in [0.4, 0.5) is 0 Å². The third kappa shape index (κ3) is 12.4. The van der Waals surface area contributed by atoms with Crippen LogP contribution in [0.15, 0.2) is 0 Å². The van der Waals surface area contributed by atoms with Crippen LogP contribution in [-0.2, 0) is 94.7 Å². The molecule has 0 aromatic heterocycles. The highest BCUT2D eigenvalue weighted by Gasteiger charge is 2.64. The van der Waals surface area contributed by atoms with E-state index in [1.165, 1.54) is 0 Å². The minimum absolute atomic E-state index is 0.00227. The standard InChI is InChI=1S/2C8H14BNO3.2C8H13BO4.2C8H13BO3S/c2*1-11-4-8-3-10-5(6(8)12-2)7(9)13-8;2*1-10-3-8-4-12-5(6(8)11-2)7(9)13-8;2*1-10-3-8-4-13-5(6(8)11-2)7(9)12-8/h2*5-7,10H,3-4H2,1-2H3;4*5-7H,3-4H2,1-2H3/t5-,6?,7+,8+;5-,6?,7-,8+;5-,6?,7+,8-;5-,6?,7-,8-;5-,6?,7+,8-;5-,6?,7-,8-/m010101/s1. The molecule has 0 aromatic carbocycles. The normalized spacial score (nSPS) is 48.6. The molecular weight excluding hydrogens is 1050 g/mol. The van der Waals surface area contributed by atoms with Gasteiger partial charge in [0.2, 0.25) is 0 Å². The van der Waals surface area contributed by atoms with Gasteiger partial charge >= 0.3 is 0 Å². The number of ether oxygens (including phenoxy) is 20. The number of hydrogen-bond acceptors (Lipinski definition) is 24. The predicted molar refractivity (Wildman–Crippen MR) is 292 cm³/mol. The summed E-state index contributed by atoms with van der Waals surface area (Å²) in [6, 6.07) is -1.58. The van der Waals surface area contributed by atoms with E-state index in [0.717, 1.165) is 24.6 Å². The van der Waals surface area contributed by atoms with Crippen LogP contribution in [0.25, 0.3) is 0 Å². The minimum atomic E-state index is -0.492. The first kappa shape index (κ1) is 65.7. The lowest BCUT2D eigenvalue weighted by Crippen LogP contribution is -2.48. The van der Waals surface area contributed by atoms with E-state index in [-0.39, 0.29) is 118 Å². The first-order chi connectivity index (χ1) is 37.4. The zero-order valence-corrected chi connectivity index (χ0v) is 49.0. The third-order valence-corrected chi connectivity index (χ3v) is 19.5. The van der Waals surface area contributed by atoms with Crippen molar-refractivity contribution < 1.29 is 94.7 Å². The van der Waals surface area contributed by atoms with Gasteiger partial charge in [-0.05, 0) is 0 Å². The molecule has 12 heterocycles. The Kier molecular flexibility index (Phi) is 23.7. The van der Waals surface area contributed by atoms with Crippen LogP contribution in [0, 0.1) is 0 Å². The van der Waals surface area contributed by atoms with E-state index in [4.69, 9.17) is 142 Å². The molecule has 12 bridgehead atoms. The Bertz CT molecular complexity index is 1550. The maximum Gasteiger partial charge on any atom is 0.143 e. The van der Waals surface area contributed by atoms with Gasteiger partial charge in [0.1, 0.15) is 130 Å². The van der Waals surface area contributed by atoms with Gasteiger partial charge in [-0.25, -0.2) is 0 Å². The minimum Gasteiger partial charge on any atom is -0.382 e. The lowest BCUT2D eigenvalue weighted by atomic mass is 9.91. The van der Waals surface area contributed by atoms with Crippen molar-refractivity contribution in [1.82, 2.24) is 10.6 Å². The number of fused-ring (bicyclic) bond motifs is 12. The van der Waals surface area contributed by atoms with Gasteiger partial charge in [0, 0.05) is 146 Å². The van der Waals surface area contributed by atoms with Crippen molar-refractivity contribution in [3.05, 3.63) is 0 Å². The fourth-order valence-corrected chi connectivity index (χ4v) is 16.5. The van der Waals surface area contributed by atoms with E-state index in [0.29, 0.717) is 52.9 Å². The van der Waals surface area contributed by atoms with Crippen LogP contribution >= 0.6 is 23.5 Å². The molecule has 30 heteroatoms. The summed E-state index contributed by atoms with van der Waals surface area (Å²) >= 11 is 3.63. The Morgan fingerprint density at radius 2 is 0.641 bits per heavy atom. The van der Waals surface area contributed by atoms with Gasteiger partial charge in [0.15, 0.2) is 0 Å². The number of rotatable bonds is 18. The number of morpholine rings is 2. The van der Waals surface area contributed by atoms with Crippen molar-refractivity contribution in [2.45, 2.75) is 141 Å². The molecule has 6 unspecified atom stereocenters. The summed E-state index contributed by atoms with van der Waals surface area (Å²) < 4.78 is 108. The fourth-order valence-electron chi connectivity index (χ4n) is 13.3. The average molecular weight is 1130 g/mol. The predicted octanol–water partition coefficient (Wildman–Crippen LogP) is -3.56. The summed E-state index contributed by atoms with van der Waals surface area (Å²) in [4.78, 5) is 0. The Balaban J connectivity index is 0.000000136. The first-order valence-corrected chi connectivity index (χ1v) is 28.1. The second kappa shape index (κ2) is 28.2. The number of methoxy groups -OCH3 is 12. The van der Waals surface area contributed by atoms with Gasteiger partial charge in [-0.2, -0.15) is 23.5 Å². The van der Waals surface area contributed by atoms with E-state index < -0.39 is 23.2 Å². The monoisotopic (exact) mass is 1130 g/mol. The lowest BCUT2D eigenvalue weighted by molar-refractivity contribution is -0.144. The van der Waals surface area contributed by atoms with Gasteiger partial charge < -0.3 is 105 Å². The SMILES string of the molecule is [B][C@@H]1O[C@@]2(COC)CN[C@H]1C2OC.[B][C@@H]1O[C@@]2(COC)CO[C@H]1C2OC.[B][C@@H]1O[C@@]2(COC)CS[C@H]1C2OC.[B][C@@H]1O[C@]2(COC)CN[C@@H]1C2OC.[B][C@@H]1O[C@]2(COC)CO[C@@H]1C2OC.[B][C@@H]1O[C@]2(COC)CS[C@@H]1C2OC. The van der Waals surface area contributed by atoms with E-state index in [9.17, 15) is 0 Å². The highest BCUT2D eigenvalue weighted by atomic mass is 32.2. The smallest absolute Gasteiger partial charge is 0.143 e. The summed E-state index contributed by atoms with van der Waals surface area (Å²) in [5.41, 5.74) is -2.36. The van der Waals surface area contributed by atoms with Crippen LogP contribution in [0.2, 0.25) is 0 Å². The average Bonchev–Trinajstić information content (AvgIpc) is 4.38. The quantitative estimate of drug-likeness (QED) is 0.127. The molecule has 432 valence electrons. The molecule has 12 saturated heterocycles. The molecule has 0 saturated carbocycles. The molecular formula is C48H80B6N2O20S2. The maximum absolute atomic E-state index is 5.82. The second-order valence-electron chi connectivity index (χ2n) is 21.3. The van der Waals surface area contributed by atoms with Crippen LogP contribution in [0.3, 0.4) is 0 Å². The van der Waals surface area contributed by atoms with Crippen molar-refractivity contribution in [1.29, 1.82) is 0 Å². The van der Waals surface area contributed by atoms with Crippen molar-refractivity contribution in [2.75, 3.05) is 163 Å². The van der Waals surface area contributed by atoms with E-state index in [1.807, 2.05) is 23.5 Å². The Morgan fingerprint density at radius 3 is 0.910 bits per heavy atom. The van der Waals surface area contributed by atoms with Gasteiger partial charge in [0.05, 0.1) is 75.4 Å². The highest BCUT2D eigenvalue weighted by Crippen LogP contribution is 2.50. The molecule has 12 fully saturated rings. The van der Waals surface area contributed by atoms with E-state index in [1.54, 1.807) is 85.3 Å². The summed E-state index contributed by atoms with van der Waals surface area (Å²) in [6.45, 7) is 5.55. The molecule has 2 N–H and O–H groups in total. The number of hydrogen-bond donors (Lipinski definition) is 2. The molecule has 12 aliphatic heterocycles. The van der Waals surface area contributed by atoms with Crippen molar-refractivity contribution >= 4 is 70.6 Å². The van der Waals surface area contributed by atoms with E-state index >= 15 is 0 Å². The van der Waals surface area contributed by atoms with Crippen molar-refractivity contribution in [3.8, 4) is 0 Å². The maximum atomic E-state index is 5.82. The second-order valence-corrected chi connectivity index (χ2v) is 23.7. The van der Waals surface area contributed by atoms with Crippen molar-refractivity contribution in [2.24, 2.45) is 0 Å². The van der Waals surface area contributed by atoms with Gasteiger partial charge in [-0.1, -0.05) is 0 Å². The van der Waals surface area contributed by atoms with Crippen LogP contribution in [0.5, 0.6) is 0 Å². The van der Waals surface area contributed by atoms with Crippen LogP contribution < -0.4 is 10.6 Å². The zero-order valence-electron chi connectivity index (χ0n) is 47.3. The molecule has 0 amide bonds. The van der Waals surface area contributed by atoms with E-state index in [2.05, 4.69) is 10.6 Å². The molecule has 22 nitrogen and oxygen atoms in total. The van der Waals surface area contributed by atoms with Gasteiger partial charge in [-0.15, -0.1) is 0 Å². The molecule has 78 heavy (non-hydrogen) atoms. The Hall–Kier alpha value is 0.210. The highest BCUT2D eigenvalue weighted by molar-refractivity contribution is 8.00. The molecule has 0 aliphatic carbocycles. The van der Waals surface area contributed by atoms with Gasteiger partial charge in [0.25, 0.3) is 0 Å². The summed E-state index contributed by atoms with van der Waals surface area (Å²) in [7, 11) is 54.6. The molecule has 0 spiro atoms. The molecule has 12 radical (unpaired) electrons. The summed E-state index contributed by atoms with van der Waals surface area (Å²) in [6.07, 6.45) is -0.366. The third-order valence-electron chi connectivity index (χ3n) is 16.4. The van der Waals surface area contributed by atoms with Crippen molar-refractivity contribution in [3.63, 3.8) is 0 Å². The Morgan fingerprint density at radius 1 is 0.359 bits per heavy atom. The van der Waals surface area contributed by atoms with Crippen LogP contribution in [0.1, 0.15) is 0 Å². The lowest BCUT2D eigenvalue weighted by Gasteiger charge is -2.30. The molecule has 12 rings (SSSR count). The summed E-state index contributed by atoms with van der Waals surface area (Å²) in [5, 5.41) is 7.08. The number of thioether (sulfide) groups is 2. The molecule has 0 aromatic rings. The zero-order chi connectivity index (χ0) is 56.8. The largest absolute Gasteiger partial charge is 0.382 e. The summed E-state index contributed by atoms with van der Waals surface area (Å²) in [5.74, 6) is 1.83.